The summed E-state index contributed by atoms with van der Waals surface area (Å²) in [7, 11) is 0. The van der Waals surface area contributed by atoms with E-state index in [1.54, 1.807) is 0 Å². The van der Waals surface area contributed by atoms with Gasteiger partial charge in [0.1, 0.15) is 5.01 Å². The molecule has 2 nitrogen and oxygen atoms in total. The molecule has 1 unspecified atom stereocenters. The molecule has 1 N–H and O–H groups in total. The zero-order chi connectivity index (χ0) is 14.9. The number of hydrogen-bond donors (Lipinski definition) is 1. The third-order valence-corrected chi connectivity index (χ3v) is 5.78. The average Bonchev–Trinajstić information content (AvgIpc) is 2.85. The molecule has 0 fully saturated rings. The van der Waals surface area contributed by atoms with Crippen molar-refractivity contribution in [3.63, 3.8) is 0 Å². The summed E-state index contributed by atoms with van der Waals surface area (Å²) < 4.78 is 0. The zero-order valence-corrected chi connectivity index (χ0v) is 14.0. The maximum Gasteiger partial charge on any atom is 0.118 e. The van der Waals surface area contributed by atoms with Crippen molar-refractivity contribution in [2.75, 3.05) is 6.54 Å². The minimum absolute atomic E-state index is 0.0749. The molecule has 1 aromatic heterocycles. The minimum Gasteiger partial charge on any atom is -0.302 e. The van der Waals surface area contributed by atoms with Crippen LogP contribution in [0.5, 0.6) is 0 Å². The fourth-order valence-electron chi connectivity index (χ4n) is 3.31. The van der Waals surface area contributed by atoms with Crippen LogP contribution in [-0.4, -0.2) is 11.5 Å². The van der Waals surface area contributed by atoms with Gasteiger partial charge in [0.15, 0.2) is 0 Å². The summed E-state index contributed by atoms with van der Waals surface area (Å²) in [6, 6.07) is 8.90. The van der Waals surface area contributed by atoms with Gasteiger partial charge >= 0.3 is 0 Å². The first-order chi connectivity index (χ1) is 10.2. The second kappa shape index (κ2) is 5.90. The van der Waals surface area contributed by atoms with Crippen molar-refractivity contribution in [1.82, 2.24) is 10.3 Å². The summed E-state index contributed by atoms with van der Waals surface area (Å²) in [5, 5.41) is 5.09. The van der Waals surface area contributed by atoms with E-state index in [9.17, 15) is 0 Å². The number of thiazole rings is 1. The first-order valence-electron chi connectivity index (χ1n) is 7.95. The fraction of sp³-hybridized carbons (Fsp3) is 0.500. The lowest BCUT2D eigenvalue weighted by Crippen LogP contribution is -2.46. The lowest BCUT2D eigenvalue weighted by molar-refractivity contribution is 0.342. The summed E-state index contributed by atoms with van der Waals surface area (Å²) in [4.78, 5) is 6.25. The molecule has 1 aliphatic rings. The van der Waals surface area contributed by atoms with Crippen LogP contribution < -0.4 is 5.32 Å². The van der Waals surface area contributed by atoms with Gasteiger partial charge in [-0.2, -0.15) is 0 Å². The molecule has 0 saturated heterocycles. The van der Waals surface area contributed by atoms with Gasteiger partial charge in [0, 0.05) is 4.88 Å². The van der Waals surface area contributed by atoms with E-state index < -0.39 is 0 Å². The highest BCUT2D eigenvalue weighted by molar-refractivity contribution is 7.11. The Morgan fingerprint density at radius 3 is 2.81 bits per heavy atom. The highest BCUT2D eigenvalue weighted by Gasteiger charge is 2.40. The van der Waals surface area contributed by atoms with E-state index in [-0.39, 0.29) is 5.54 Å². The topological polar surface area (TPSA) is 24.9 Å². The Kier molecular flexibility index (Phi) is 4.14. The fourth-order valence-corrected chi connectivity index (χ4v) is 4.43. The van der Waals surface area contributed by atoms with Crippen molar-refractivity contribution in [1.29, 1.82) is 0 Å². The highest BCUT2D eigenvalue weighted by Crippen LogP contribution is 2.42. The van der Waals surface area contributed by atoms with E-state index in [1.165, 1.54) is 39.5 Å². The molecule has 1 atom stereocenters. The Labute approximate surface area is 131 Å². The van der Waals surface area contributed by atoms with Gasteiger partial charge in [-0.15, -0.1) is 11.3 Å². The Morgan fingerprint density at radius 1 is 1.29 bits per heavy atom. The number of aromatic nitrogens is 1. The molecule has 1 heterocycles. The Hall–Kier alpha value is -1.19. The number of nitrogens with zero attached hydrogens (tertiary/aromatic N) is 1. The normalized spacial score (nSPS) is 21.3. The van der Waals surface area contributed by atoms with Crippen LogP contribution in [0.4, 0.5) is 0 Å². The smallest absolute Gasteiger partial charge is 0.118 e. The molecular formula is C18H24N2S. The monoisotopic (exact) mass is 300 g/mol. The van der Waals surface area contributed by atoms with Crippen LogP contribution in [-0.2, 0) is 12.0 Å². The van der Waals surface area contributed by atoms with Crippen molar-refractivity contribution >= 4 is 11.3 Å². The van der Waals surface area contributed by atoms with Gasteiger partial charge in [-0.25, -0.2) is 4.98 Å². The molecule has 0 bridgehead atoms. The number of nitrogens with one attached hydrogen (secondary N) is 1. The molecule has 3 rings (SSSR count). The van der Waals surface area contributed by atoms with E-state index in [2.05, 4.69) is 50.4 Å². The summed E-state index contributed by atoms with van der Waals surface area (Å²) in [5.74, 6) is 0. The second-order valence-electron chi connectivity index (χ2n) is 6.00. The summed E-state index contributed by atoms with van der Waals surface area (Å²) >= 11 is 1.86. The molecule has 0 aliphatic heterocycles. The van der Waals surface area contributed by atoms with E-state index >= 15 is 0 Å². The zero-order valence-electron chi connectivity index (χ0n) is 13.2. The van der Waals surface area contributed by atoms with Gasteiger partial charge < -0.3 is 5.32 Å². The number of aryl methyl sites for hydroxylation is 3. The third-order valence-electron chi connectivity index (χ3n) is 4.55. The van der Waals surface area contributed by atoms with Crippen LogP contribution in [0.1, 0.15) is 52.9 Å². The molecule has 1 aliphatic carbocycles. The van der Waals surface area contributed by atoms with Crippen molar-refractivity contribution in [3.05, 3.63) is 51.0 Å². The van der Waals surface area contributed by atoms with Crippen LogP contribution in [0.25, 0.3) is 0 Å². The van der Waals surface area contributed by atoms with Gasteiger partial charge in [-0.05, 0) is 57.2 Å². The SMILES string of the molecule is CCCNC1(c2nc(C)c(C)s2)CCCc2ccccc21. The van der Waals surface area contributed by atoms with Crippen molar-refractivity contribution in [3.8, 4) is 0 Å². The molecule has 0 saturated carbocycles. The summed E-state index contributed by atoms with van der Waals surface area (Å²) in [6.45, 7) is 7.57. The van der Waals surface area contributed by atoms with Gasteiger partial charge in [-0.1, -0.05) is 31.2 Å². The first kappa shape index (κ1) is 14.7. The van der Waals surface area contributed by atoms with Crippen molar-refractivity contribution < 1.29 is 0 Å². The maximum absolute atomic E-state index is 4.91. The maximum atomic E-state index is 4.91. The molecule has 0 amide bonds. The van der Waals surface area contributed by atoms with Crippen LogP contribution in [0.2, 0.25) is 0 Å². The molecule has 2 aromatic rings. The van der Waals surface area contributed by atoms with E-state index in [0.29, 0.717) is 0 Å². The van der Waals surface area contributed by atoms with Crippen LogP contribution in [0.3, 0.4) is 0 Å². The lowest BCUT2D eigenvalue weighted by Gasteiger charge is -2.38. The Morgan fingerprint density at radius 2 is 2.10 bits per heavy atom. The first-order valence-corrected chi connectivity index (χ1v) is 8.77. The molecule has 1 aromatic carbocycles. The number of hydrogen-bond acceptors (Lipinski definition) is 3. The van der Waals surface area contributed by atoms with Crippen LogP contribution in [0, 0.1) is 13.8 Å². The molecule has 112 valence electrons. The highest BCUT2D eigenvalue weighted by atomic mass is 32.1. The number of rotatable bonds is 4. The quantitative estimate of drug-likeness (QED) is 0.908. The van der Waals surface area contributed by atoms with Gasteiger partial charge in [0.2, 0.25) is 0 Å². The van der Waals surface area contributed by atoms with Gasteiger partial charge in [0.25, 0.3) is 0 Å². The van der Waals surface area contributed by atoms with Gasteiger partial charge in [-0.3, -0.25) is 0 Å². The molecule has 0 spiro atoms. The molecule has 0 radical (unpaired) electrons. The molecule has 21 heavy (non-hydrogen) atoms. The van der Waals surface area contributed by atoms with Crippen LogP contribution >= 0.6 is 11.3 Å². The van der Waals surface area contributed by atoms with E-state index in [4.69, 9.17) is 4.98 Å². The van der Waals surface area contributed by atoms with Crippen molar-refractivity contribution in [2.24, 2.45) is 0 Å². The summed E-state index contributed by atoms with van der Waals surface area (Å²) in [6.07, 6.45) is 4.71. The average molecular weight is 300 g/mol. The van der Waals surface area contributed by atoms with Crippen molar-refractivity contribution in [2.45, 2.75) is 52.0 Å². The number of fused-ring (bicyclic) bond motifs is 1. The molecular weight excluding hydrogens is 276 g/mol. The second-order valence-corrected chi connectivity index (χ2v) is 7.21. The number of benzene rings is 1. The van der Waals surface area contributed by atoms with E-state index in [1.807, 2.05) is 11.3 Å². The Balaban J connectivity index is 2.14. The lowest BCUT2D eigenvalue weighted by atomic mass is 9.76. The van der Waals surface area contributed by atoms with Gasteiger partial charge in [0.05, 0.1) is 11.2 Å². The standard InChI is InChI=1S/C18H24N2S/c1-4-12-19-18(17-20-13(2)14(3)21-17)11-7-9-15-8-5-6-10-16(15)18/h5-6,8,10,19H,4,7,9,11-12H2,1-3H3. The summed E-state index contributed by atoms with van der Waals surface area (Å²) in [5.41, 5.74) is 4.03. The predicted octanol–water partition coefficient (Wildman–Crippen LogP) is 4.34. The van der Waals surface area contributed by atoms with Crippen LogP contribution in [0.15, 0.2) is 24.3 Å². The third kappa shape index (κ3) is 2.53. The van der Waals surface area contributed by atoms with E-state index in [0.717, 1.165) is 19.4 Å². The predicted molar refractivity (Wildman–Crippen MR) is 90.0 cm³/mol. The Bertz CT molecular complexity index is 612. The molecule has 3 heteroatoms. The largest absolute Gasteiger partial charge is 0.302 e. The minimum atomic E-state index is -0.0749.